The third-order valence-electron chi connectivity index (χ3n) is 3.28. The molecule has 0 bridgehead atoms. The van der Waals surface area contributed by atoms with Crippen LogP contribution in [0.15, 0.2) is 66.3 Å². The fourth-order valence-corrected chi connectivity index (χ4v) is 1.99. The molecule has 0 aliphatic heterocycles. The summed E-state index contributed by atoms with van der Waals surface area (Å²) in [6.45, 7) is 2.06. The van der Waals surface area contributed by atoms with E-state index in [-0.39, 0.29) is 0 Å². The zero-order chi connectivity index (χ0) is 15.4. The Morgan fingerprint density at radius 2 is 1.82 bits per heavy atom. The smallest absolute Gasteiger partial charge is 0.289 e. The van der Waals surface area contributed by atoms with Crippen LogP contribution in [0, 0.1) is 6.92 Å². The Bertz CT molecular complexity index is 773. The van der Waals surface area contributed by atoms with Gasteiger partial charge in [0.2, 0.25) is 0 Å². The van der Waals surface area contributed by atoms with Crippen LogP contribution in [0.25, 0.3) is 5.69 Å². The molecule has 110 valence electrons. The average Bonchev–Trinajstić information content (AvgIpc) is 3.03. The molecule has 5 nitrogen and oxygen atoms in total. The lowest BCUT2D eigenvalue weighted by Crippen LogP contribution is -2.24. The van der Waals surface area contributed by atoms with Gasteiger partial charge in [-0.3, -0.25) is 0 Å². The zero-order valence-corrected chi connectivity index (χ0v) is 12.5. The van der Waals surface area contributed by atoms with Gasteiger partial charge in [-0.1, -0.05) is 22.4 Å². The molecule has 0 aliphatic rings. The molecule has 0 amide bonds. The van der Waals surface area contributed by atoms with Crippen molar-refractivity contribution in [1.82, 2.24) is 9.78 Å². The summed E-state index contributed by atoms with van der Waals surface area (Å²) in [6, 6.07) is 15.9. The first-order valence-corrected chi connectivity index (χ1v) is 6.96. The van der Waals surface area contributed by atoms with E-state index in [0.717, 1.165) is 17.0 Å². The highest BCUT2D eigenvalue weighted by Gasteiger charge is 2.07. The molecule has 0 N–H and O–H groups in total. The summed E-state index contributed by atoms with van der Waals surface area (Å²) in [6.07, 6.45) is 5.27. The minimum atomic E-state index is 0.831. The molecule has 0 aliphatic carbocycles. The lowest BCUT2D eigenvalue weighted by molar-refractivity contribution is -0.678. The van der Waals surface area contributed by atoms with E-state index in [4.69, 9.17) is 4.74 Å². The Morgan fingerprint density at radius 3 is 2.50 bits per heavy atom. The van der Waals surface area contributed by atoms with Gasteiger partial charge in [-0.05, 0) is 48.9 Å². The molecular formula is C17H17N4O+. The zero-order valence-electron chi connectivity index (χ0n) is 12.5. The van der Waals surface area contributed by atoms with Gasteiger partial charge in [0.15, 0.2) is 0 Å². The van der Waals surface area contributed by atoms with Crippen molar-refractivity contribution in [2.24, 2.45) is 5.10 Å². The van der Waals surface area contributed by atoms with Gasteiger partial charge in [0, 0.05) is 5.10 Å². The van der Waals surface area contributed by atoms with E-state index in [1.165, 1.54) is 5.56 Å². The van der Waals surface area contributed by atoms with Crippen molar-refractivity contribution >= 4 is 6.21 Å². The van der Waals surface area contributed by atoms with E-state index >= 15 is 0 Å². The minimum absolute atomic E-state index is 0.831. The molecule has 2 aromatic carbocycles. The third kappa shape index (κ3) is 3.20. The van der Waals surface area contributed by atoms with Crippen molar-refractivity contribution in [3.63, 3.8) is 0 Å². The first-order valence-electron chi connectivity index (χ1n) is 6.96. The highest BCUT2D eigenvalue weighted by Crippen LogP contribution is 2.09. The maximum Gasteiger partial charge on any atom is 0.289 e. The predicted molar refractivity (Wildman–Crippen MR) is 84.5 cm³/mol. The summed E-state index contributed by atoms with van der Waals surface area (Å²) in [5.74, 6) is 0.831. The van der Waals surface area contributed by atoms with Gasteiger partial charge in [-0.25, -0.2) is 0 Å². The molecule has 3 rings (SSSR count). The van der Waals surface area contributed by atoms with Gasteiger partial charge in [0.25, 0.3) is 12.7 Å². The maximum absolute atomic E-state index is 5.13. The third-order valence-corrected chi connectivity index (χ3v) is 3.28. The maximum atomic E-state index is 5.13. The van der Waals surface area contributed by atoms with Crippen molar-refractivity contribution in [1.29, 1.82) is 0 Å². The number of hydrogen-bond acceptors (Lipinski definition) is 3. The number of benzene rings is 2. The number of ether oxygens (including phenoxy) is 1. The molecule has 1 heterocycles. The van der Waals surface area contributed by atoms with Crippen LogP contribution in [0.5, 0.6) is 5.75 Å². The molecule has 1 aromatic heterocycles. The Labute approximate surface area is 129 Å². The van der Waals surface area contributed by atoms with Gasteiger partial charge in [-0.15, -0.1) is 9.78 Å². The average molecular weight is 293 g/mol. The van der Waals surface area contributed by atoms with Crippen molar-refractivity contribution in [2.75, 3.05) is 7.11 Å². The Morgan fingerprint density at radius 1 is 1.09 bits per heavy atom. The molecule has 0 unspecified atom stereocenters. The molecule has 5 heteroatoms. The van der Waals surface area contributed by atoms with Crippen LogP contribution in [0.2, 0.25) is 0 Å². The monoisotopic (exact) mass is 293 g/mol. The largest absolute Gasteiger partial charge is 0.497 e. The fraction of sp³-hybridized carbons (Fsp3) is 0.118. The summed E-state index contributed by atoms with van der Waals surface area (Å²) in [4.78, 5) is 0. The molecule has 0 atom stereocenters. The summed E-state index contributed by atoms with van der Waals surface area (Å²) in [5.41, 5.74) is 3.22. The topological polar surface area (TPSA) is 43.3 Å². The quantitative estimate of drug-likeness (QED) is 0.547. The van der Waals surface area contributed by atoms with Crippen LogP contribution >= 0.6 is 0 Å². The van der Waals surface area contributed by atoms with Crippen LogP contribution in [0.1, 0.15) is 11.1 Å². The van der Waals surface area contributed by atoms with Crippen LogP contribution in [0.3, 0.4) is 0 Å². The van der Waals surface area contributed by atoms with E-state index in [2.05, 4.69) is 29.3 Å². The van der Waals surface area contributed by atoms with Gasteiger partial charge in [0.05, 0.1) is 13.3 Å². The number of aryl methyl sites for hydroxylation is 1. The lowest BCUT2D eigenvalue weighted by atomic mass is 10.2. The number of aromatic nitrogens is 3. The van der Waals surface area contributed by atoms with E-state index < -0.39 is 0 Å². The molecular weight excluding hydrogens is 276 g/mol. The number of hydrogen-bond donors (Lipinski definition) is 0. The molecule has 0 fully saturated rings. The predicted octanol–water partition coefficient (Wildman–Crippen LogP) is 2.36. The summed E-state index contributed by atoms with van der Waals surface area (Å²) in [7, 11) is 1.65. The van der Waals surface area contributed by atoms with Crippen LogP contribution in [-0.2, 0) is 0 Å². The minimum Gasteiger partial charge on any atom is -0.497 e. The molecule has 3 aromatic rings. The number of rotatable bonds is 4. The standard InChI is InChI=1S/C17H17N4O/c1-14-3-7-16(8-4-14)21-13-20(12-19-21)18-11-15-5-9-17(22-2)10-6-15/h3-13H,1-2H3/q+1/b18-11-. The second-order valence-corrected chi connectivity index (χ2v) is 4.92. The molecule has 0 saturated heterocycles. The summed E-state index contributed by atoms with van der Waals surface area (Å²) < 4.78 is 8.58. The fourth-order valence-electron chi connectivity index (χ4n) is 1.99. The van der Waals surface area contributed by atoms with Crippen LogP contribution in [-0.4, -0.2) is 23.1 Å². The normalized spacial score (nSPS) is 11.0. The highest BCUT2D eigenvalue weighted by atomic mass is 16.5. The van der Waals surface area contributed by atoms with Crippen molar-refractivity contribution in [2.45, 2.75) is 6.92 Å². The van der Waals surface area contributed by atoms with Crippen molar-refractivity contribution < 1.29 is 9.41 Å². The second-order valence-electron chi connectivity index (χ2n) is 4.92. The van der Waals surface area contributed by atoms with Crippen molar-refractivity contribution in [3.05, 3.63) is 72.3 Å². The van der Waals surface area contributed by atoms with Gasteiger partial charge < -0.3 is 4.74 Å². The number of nitrogens with zero attached hydrogens (tertiary/aromatic N) is 4. The van der Waals surface area contributed by atoms with Gasteiger partial charge in [-0.2, -0.15) is 0 Å². The van der Waals surface area contributed by atoms with Gasteiger partial charge >= 0.3 is 0 Å². The summed E-state index contributed by atoms with van der Waals surface area (Å²) >= 11 is 0. The highest BCUT2D eigenvalue weighted by molar-refractivity contribution is 5.79. The van der Waals surface area contributed by atoms with Crippen molar-refractivity contribution in [3.8, 4) is 11.4 Å². The molecule has 0 saturated carbocycles. The Balaban J connectivity index is 1.75. The van der Waals surface area contributed by atoms with Crippen LogP contribution < -0.4 is 9.41 Å². The first kappa shape index (κ1) is 14.0. The van der Waals surface area contributed by atoms with E-state index in [1.54, 1.807) is 29.0 Å². The Hall–Kier alpha value is -2.95. The number of methoxy groups -OCH3 is 1. The molecule has 22 heavy (non-hydrogen) atoms. The first-order chi connectivity index (χ1) is 10.7. The molecule has 0 radical (unpaired) electrons. The second kappa shape index (κ2) is 6.22. The van der Waals surface area contributed by atoms with E-state index in [9.17, 15) is 0 Å². The SMILES string of the molecule is COc1ccc(/C=N\[n+]2cnn(-c3ccc(C)cc3)c2)cc1. The Kier molecular flexibility index (Phi) is 3.96. The van der Waals surface area contributed by atoms with Gasteiger partial charge in [0.1, 0.15) is 11.4 Å². The molecule has 0 spiro atoms. The summed E-state index contributed by atoms with van der Waals surface area (Å²) in [5, 5.41) is 8.66. The van der Waals surface area contributed by atoms with Crippen LogP contribution in [0.4, 0.5) is 0 Å². The van der Waals surface area contributed by atoms with E-state index in [0.29, 0.717) is 0 Å². The lowest BCUT2D eigenvalue weighted by Gasteiger charge is -1.97. The van der Waals surface area contributed by atoms with E-state index in [1.807, 2.05) is 42.7 Å².